The molecular formula is C12H18N2O4S. The molecule has 1 aromatic carbocycles. The van der Waals surface area contributed by atoms with E-state index in [1.165, 1.54) is 33.3 Å². The number of ether oxygens (including phenoxy) is 1. The third-order valence-electron chi connectivity index (χ3n) is 2.65. The monoisotopic (exact) mass is 286 g/mol. The summed E-state index contributed by atoms with van der Waals surface area (Å²) >= 11 is 0. The third kappa shape index (κ3) is 3.68. The molecule has 0 aliphatic carbocycles. The number of carbonyl (C=O) groups excluding carboxylic acids is 1. The van der Waals surface area contributed by atoms with Crippen LogP contribution < -0.4 is 4.90 Å². The zero-order valence-corrected chi connectivity index (χ0v) is 12.3. The van der Waals surface area contributed by atoms with E-state index in [1.807, 2.05) is 0 Å². The van der Waals surface area contributed by atoms with Crippen LogP contribution in [0.25, 0.3) is 0 Å². The zero-order valence-electron chi connectivity index (χ0n) is 11.5. The van der Waals surface area contributed by atoms with Crippen molar-refractivity contribution in [3.05, 3.63) is 24.3 Å². The van der Waals surface area contributed by atoms with Gasteiger partial charge >= 0.3 is 5.97 Å². The van der Waals surface area contributed by atoms with E-state index in [2.05, 4.69) is 4.74 Å². The molecule has 0 aromatic heterocycles. The molecule has 0 aliphatic heterocycles. The molecule has 0 heterocycles. The Bertz CT molecular complexity index is 537. The Morgan fingerprint density at radius 2 is 1.68 bits per heavy atom. The fourth-order valence-corrected chi connectivity index (χ4v) is 2.33. The third-order valence-corrected chi connectivity index (χ3v) is 4.48. The molecule has 0 fully saturated rings. The normalized spacial score (nSPS) is 11.4. The smallest absolute Gasteiger partial charge is 0.325 e. The Kier molecular flexibility index (Phi) is 4.90. The minimum atomic E-state index is -3.42. The number of methoxy groups -OCH3 is 1. The van der Waals surface area contributed by atoms with E-state index in [4.69, 9.17) is 0 Å². The molecule has 6 nitrogen and oxygen atoms in total. The Morgan fingerprint density at radius 1 is 1.16 bits per heavy atom. The summed E-state index contributed by atoms with van der Waals surface area (Å²) in [5.74, 6) is -0.354. The maximum atomic E-state index is 11.9. The van der Waals surface area contributed by atoms with Gasteiger partial charge in [0.15, 0.2) is 0 Å². The number of hydrogen-bond acceptors (Lipinski definition) is 5. The SMILES string of the molecule is COC(=O)CN(C)c1ccc(S(=O)(=O)N(C)C)cc1. The first kappa shape index (κ1) is 15.5. The summed E-state index contributed by atoms with van der Waals surface area (Å²) in [6.07, 6.45) is 0. The second kappa shape index (κ2) is 6.03. The second-order valence-electron chi connectivity index (χ2n) is 4.21. The van der Waals surface area contributed by atoms with E-state index >= 15 is 0 Å². The van der Waals surface area contributed by atoms with Crippen molar-refractivity contribution in [1.82, 2.24) is 4.31 Å². The van der Waals surface area contributed by atoms with Gasteiger partial charge in [0, 0.05) is 26.8 Å². The van der Waals surface area contributed by atoms with Crippen LogP contribution in [0.2, 0.25) is 0 Å². The first-order chi connectivity index (χ1) is 8.78. The summed E-state index contributed by atoms with van der Waals surface area (Å²) in [6.45, 7) is 0.107. The van der Waals surface area contributed by atoms with Crippen LogP contribution in [0.4, 0.5) is 5.69 Å². The lowest BCUT2D eigenvalue weighted by Gasteiger charge is -2.18. The Labute approximate surface area is 113 Å². The zero-order chi connectivity index (χ0) is 14.6. The molecule has 0 saturated carbocycles. The molecule has 19 heavy (non-hydrogen) atoms. The number of likely N-dealkylation sites (N-methyl/N-ethyl adjacent to an activating group) is 1. The van der Waals surface area contributed by atoms with Crippen LogP contribution in [-0.4, -0.2) is 53.5 Å². The number of hydrogen-bond donors (Lipinski definition) is 0. The van der Waals surface area contributed by atoms with Crippen molar-refractivity contribution in [3.63, 3.8) is 0 Å². The summed E-state index contributed by atoms with van der Waals surface area (Å²) in [4.78, 5) is 13.0. The molecule has 0 spiro atoms. The van der Waals surface area contributed by atoms with Crippen molar-refractivity contribution in [3.8, 4) is 0 Å². The minimum Gasteiger partial charge on any atom is -0.468 e. The molecular weight excluding hydrogens is 268 g/mol. The average Bonchev–Trinajstić information content (AvgIpc) is 2.38. The lowest BCUT2D eigenvalue weighted by Crippen LogP contribution is -2.26. The second-order valence-corrected chi connectivity index (χ2v) is 6.37. The summed E-state index contributed by atoms with van der Waals surface area (Å²) in [7, 11) is 2.58. The summed E-state index contributed by atoms with van der Waals surface area (Å²) in [5, 5.41) is 0. The molecule has 0 atom stereocenters. The molecule has 106 valence electrons. The number of nitrogens with zero attached hydrogens (tertiary/aromatic N) is 2. The van der Waals surface area contributed by atoms with Crippen LogP contribution in [0.15, 0.2) is 29.2 Å². The number of esters is 1. The quantitative estimate of drug-likeness (QED) is 0.739. The molecule has 0 bridgehead atoms. The van der Waals surface area contributed by atoms with Crippen molar-refractivity contribution in [2.75, 3.05) is 39.7 Å². The van der Waals surface area contributed by atoms with Gasteiger partial charge in [0.05, 0.1) is 12.0 Å². The molecule has 1 aromatic rings. The van der Waals surface area contributed by atoms with E-state index < -0.39 is 10.0 Å². The van der Waals surface area contributed by atoms with Gasteiger partial charge in [-0.2, -0.15) is 0 Å². The molecule has 0 aliphatic rings. The van der Waals surface area contributed by atoms with E-state index in [0.717, 1.165) is 9.99 Å². The maximum absolute atomic E-state index is 11.9. The number of sulfonamides is 1. The van der Waals surface area contributed by atoms with Crippen LogP contribution in [0.3, 0.4) is 0 Å². The van der Waals surface area contributed by atoms with Gasteiger partial charge in [-0.15, -0.1) is 0 Å². The van der Waals surface area contributed by atoms with Gasteiger partial charge in [-0.25, -0.2) is 12.7 Å². The van der Waals surface area contributed by atoms with Gasteiger partial charge < -0.3 is 9.64 Å². The van der Waals surface area contributed by atoms with Crippen LogP contribution in [0.5, 0.6) is 0 Å². The van der Waals surface area contributed by atoms with Crippen molar-refractivity contribution in [1.29, 1.82) is 0 Å². The van der Waals surface area contributed by atoms with E-state index in [0.29, 0.717) is 0 Å². The van der Waals surface area contributed by atoms with Crippen molar-refractivity contribution in [2.24, 2.45) is 0 Å². The molecule has 0 N–H and O–H groups in total. The van der Waals surface area contributed by atoms with Crippen LogP contribution >= 0.6 is 0 Å². The number of carbonyl (C=O) groups is 1. The number of anilines is 1. The van der Waals surface area contributed by atoms with Crippen LogP contribution in [0.1, 0.15) is 0 Å². The van der Waals surface area contributed by atoms with E-state index in [9.17, 15) is 13.2 Å². The Morgan fingerprint density at radius 3 is 2.11 bits per heavy atom. The largest absolute Gasteiger partial charge is 0.468 e. The highest BCUT2D eigenvalue weighted by atomic mass is 32.2. The minimum absolute atomic E-state index is 0.107. The first-order valence-corrected chi connectivity index (χ1v) is 7.03. The lowest BCUT2D eigenvalue weighted by atomic mass is 10.3. The van der Waals surface area contributed by atoms with Crippen LogP contribution in [0, 0.1) is 0 Å². The number of benzene rings is 1. The van der Waals surface area contributed by atoms with Gasteiger partial charge in [0.2, 0.25) is 10.0 Å². The molecule has 1 rings (SSSR count). The molecule has 0 radical (unpaired) electrons. The summed E-state index contributed by atoms with van der Waals surface area (Å²) < 4.78 is 29.5. The van der Waals surface area contributed by atoms with Crippen molar-refractivity contribution >= 4 is 21.7 Å². The number of rotatable bonds is 5. The van der Waals surface area contributed by atoms with E-state index in [1.54, 1.807) is 24.1 Å². The van der Waals surface area contributed by atoms with Crippen molar-refractivity contribution < 1.29 is 17.9 Å². The van der Waals surface area contributed by atoms with Gasteiger partial charge in [0.1, 0.15) is 6.54 Å². The maximum Gasteiger partial charge on any atom is 0.325 e. The topological polar surface area (TPSA) is 66.9 Å². The first-order valence-electron chi connectivity index (χ1n) is 5.59. The molecule has 0 saturated heterocycles. The fraction of sp³-hybridized carbons (Fsp3) is 0.417. The molecule has 0 amide bonds. The van der Waals surface area contributed by atoms with Gasteiger partial charge in [0.25, 0.3) is 0 Å². The lowest BCUT2D eigenvalue weighted by molar-refractivity contribution is -0.138. The predicted molar refractivity (Wildman–Crippen MR) is 72.6 cm³/mol. The Balaban J connectivity index is 2.91. The predicted octanol–water partition coefficient (Wildman–Crippen LogP) is 0.546. The highest BCUT2D eigenvalue weighted by molar-refractivity contribution is 7.89. The summed E-state index contributed by atoms with van der Waals surface area (Å²) in [5.41, 5.74) is 0.739. The Hall–Kier alpha value is -1.60. The summed E-state index contributed by atoms with van der Waals surface area (Å²) in [6, 6.07) is 6.33. The highest BCUT2D eigenvalue weighted by Crippen LogP contribution is 2.18. The van der Waals surface area contributed by atoms with Gasteiger partial charge in [-0.3, -0.25) is 4.79 Å². The van der Waals surface area contributed by atoms with E-state index in [-0.39, 0.29) is 17.4 Å². The standard InChI is InChI=1S/C12H18N2O4S/c1-13(2)19(16,17)11-7-5-10(6-8-11)14(3)9-12(15)18-4/h5-8H,9H2,1-4H3. The average molecular weight is 286 g/mol. The van der Waals surface area contributed by atoms with Gasteiger partial charge in [-0.05, 0) is 24.3 Å². The van der Waals surface area contributed by atoms with Crippen molar-refractivity contribution in [2.45, 2.75) is 4.90 Å². The highest BCUT2D eigenvalue weighted by Gasteiger charge is 2.17. The van der Waals surface area contributed by atoms with Crippen LogP contribution in [-0.2, 0) is 19.6 Å². The fourth-order valence-electron chi connectivity index (χ4n) is 1.43. The molecule has 0 unspecified atom stereocenters. The molecule has 7 heteroatoms. The van der Waals surface area contributed by atoms with Gasteiger partial charge in [-0.1, -0.05) is 0 Å².